The molecule has 0 fully saturated rings. The molecule has 0 spiro atoms. The summed E-state index contributed by atoms with van der Waals surface area (Å²) in [5.74, 6) is 0.192. The Labute approximate surface area is 183 Å². The molecule has 1 aliphatic carbocycles. The first-order chi connectivity index (χ1) is 15.0. The number of carbonyl (C=O) groups excluding carboxylic acids is 1. The largest absolute Gasteiger partial charge is 0.480 e. The van der Waals surface area contributed by atoms with E-state index in [4.69, 9.17) is 9.15 Å². The van der Waals surface area contributed by atoms with Crippen LogP contribution in [0.2, 0.25) is 0 Å². The highest BCUT2D eigenvalue weighted by molar-refractivity contribution is 7.98. The molecule has 8 heteroatoms. The van der Waals surface area contributed by atoms with Crippen molar-refractivity contribution in [1.29, 1.82) is 0 Å². The Morgan fingerprint density at radius 1 is 1.16 bits per heavy atom. The molecule has 1 heterocycles. The molecule has 0 saturated carbocycles. The highest BCUT2D eigenvalue weighted by Gasteiger charge is 2.29. The second kappa shape index (κ2) is 9.26. The number of hydrogen-bond donors (Lipinski definition) is 2. The molecule has 0 aliphatic heterocycles. The number of oxazole rings is 1. The Morgan fingerprint density at radius 3 is 2.39 bits per heavy atom. The number of aryl methyl sites for hydroxylation is 1. The van der Waals surface area contributed by atoms with Crippen LogP contribution in [0, 0.1) is 6.92 Å². The Balaban J connectivity index is 1.34. The van der Waals surface area contributed by atoms with E-state index < -0.39 is 18.1 Å². The predicted molar refractivity (Wildman–Crippen MR) is 117 cm³/mol. The van der Waals surface area contributed by atoms with Gasteiger partial charge in [-0.15, -0.1) is 0 Å². The number of aliphatic carboxylic acids is 1. The zero-order valence-electron chi connectivity index (χ0n) is 16.9. The van der Waals surface area contributed by atoms with Crippen LogP contribution in [-0.2, 0) is 15.3 Å². The number of carbonyl (C=O) groups is 2. The SMILES string of the molecule is Cc1ocnc1CSCC(NC(=O)OCC1c2ccccc2-c2ccccc21)C(=O)O. The molecule has 0 radical (unpaired) electrons. The lowest BCUT2D eigenvalue weighted by atomic mass is 9.98. The second-order valence-corrected chi connectivity index (χ2v) is 8.26. The lowest BCUT2D eigenvalue weighted by molar-refractivity contribution is -0.138. The van der Waals surface area contributed by atoms with E-state index in [0.29, 0.717) is 11.5 Å². The van der Waals surface area contributed by atoms with Crippen LogP contribution in [0.3, 0.4) is 0 Å². The minimum Gasteiger partial charge on any atom is -0.480 e. The molecule has 1 aliphatic rings. The van der Waals surface area contributed by atoms with Crippen LogP contribution in [0.4, 0.5) is 4.79 Å². The summed E-state index contributed by atoms with van der Waals surface area (Å²) in [6, 6.07) is 15.0. The quantitative estimate of drug-likeness (QED) is 0.543. The number of benzene rings is 2. The van der Waals surface area contributed by atoms with Crippen LogP contribution in [0.25, 0.3) is 11.1 Å². The van der Waals surface area contributed by atoms with E-state index in [1.807, 2.05) is 36.4 Å². The van der Waals surface area contributed by atoms with Crippen molar-refractivity contribution < 1.29 is 23.8 Å². The average Bonchev–Trinajstić information content (AvgIpc) is 3.32. The Morgan fingerprint density at radius 2 is 1.81 bits per heavy atom. The summed E-state index contributed by atoms with van der Waals surface area (Å²) in [4.78, 5) is 28.0. The lowest BCUT2D eigenvalue weighted by Crippen LogP contribution is -2.43. The van der Waals surface area contributed by atoms with E-state index >= 15 is 0 Å². The Hall–Kier alpha value is -3.26. The molecule has 1 unspecified atom stereocenters. The molecule has 31 heavy (non-hydrogen) atoms. The summed E-state index contributed by atoms with van der Waals surface area (Å²) in [5, 5.41) is 11.9. The van der Waals surface area contributed by atoms with Crippen LogP contribution in [0.5, 0.6) is 0 Å². The van der Waals surface area contributed by atoms with Crippen molar-refractivity contribution in [3.8, 4) is 11.1 Å². The molecule has 1 amide bonds. The van der Waals surface area contributed by atoms with E-state index in [-0.39, 0.29) is 18.3 Å². The minimum absolute atomic E-state index is 0.0778. The number of fused-ring (bicyclic) bond motifs is 3. The van der Waals surface area contributed by atoms with E-state index in [0.717, 1.165) is 27.9 Å². The fourth-order valence-corrected chi connectivity index (χ4v) is 4.75. The third-order valence-corrected chi connectivity index (χ3v) is 6.35. The monoisotopic (exact) mass is 438 g/mol. The number of ether oxygens (including phenoxy) is 1. The number of amides is 1. The maximum atomic E-state index is 12.4. The predicted octanol–water partition coefficient (Wildman–Crippen LogP) is 4.21. The van der Waals surface area contributed by atoms with Crippen molar-refractivity contribution in [3.63, 3.8) is 0 Å². The second-order valence-electron chi connectivity index (χ2n) is 7.23. The molecule has 2 aromatic carbocycles. The highest BCUT2D eigenvalue weighted by atomic mass is 32.2. The molecule has 0 saturated heterocycles. The van der Waals surface area contributed by atoms with Gasteiger partial charge in [0.05, 0.1) is 5.69 Å². The summed E-state index contributed by atoms with van der Waals surface area (Å²) in [6.07, 6.45) is 0.613. The van der Waals surface area contributed by atoms with Crippen LogP contribution in [0.1, 0.15) is 28.5 Å². The molecular weight excluding hydrogens is 416 g/mol. The van der Waals surface area contributed by atoms with E-state index in [1.165, 1.54) is 18.2 Å². The number of rotatable bonds is 8. The summed E-state index contributed by atoms with van der Waals surface area (Å²) in [5.41, 5.74) is 5.23. The van der Waals surface area contributed by atoms with Crippen LogP contribution in [0.15, 0.2) is 59.3 Å². The van der Waals surface area contributed by atoms with Gasteiger partial charge in [-0.1, -0.05) is 48.5 Å². The van der Waals surface area contributed by atoms with Crippen LogP contribution >= 0.6 is 11.8 Å². The third kappa shape index (κ3) is 4.59. The fourth-order valence-electron chi connectivity index (χ4n) is 3.70. The smallest absolute Gasteiger partial charge is 0.407 e. The van der Waals surface area contributed by atoms with Gasteiger partial charge in [-0.05, 0) is 29.2 Å². The highest BCUT2D eigenvalue weighted by Crippen LogP contribution is 2.44. The maximum absolute atomic E-state index is 12.4. The number of carboxylic acids is 1. The molecule has 3 aromatic rings. The van der Waals surface area contributed by atoms with Gasteiger partial charge in [-0.25, -0.2) is 14.6 Å². The molecular formula is C23H22N2O5S. The van der Waals surface area contributed by atoms with Gasteiger partial charge < -0.3 is 19.6 Å². The van der Waals surface area contributed by atoms with E-state index in [9.17, 15) is 14.7 Å². The summed E-state index contributed by atoms with van der Waals surface area (Å²) < 4.78 is 10.6. The van der Waals surface area contributed by atoms with Crippen molar-refractivity contribution in [2.75, 3.05) is 12.4 Å². The first kappa shape index (κ1) is 21.0. The van der Waals surface area contributed by atoms with Gasteiger partial charge in [0.2, 0.25) is 0 Å². The molecule has 4 rings (SSSR count). The normalized spacial score (nSPS) is 13.3. The molecule has 0 bridgehead atoms. The number of alkyl carbamates (subject to hydrolysis) is 1. The van der Waals surface area contributed by atoms with Crippen molar-refractivity contribution in [3.05, 3.63) is 77.5 Å². The van der Waals surface area contributed by atoms with Crippen molar-refractivity contribution in [2.45, 2.75) is 24.6 Å². The number of aromatic nitrogens is 1. The molecule has 2 N–H and O–H groups in total. The maximum Gasteiger partial charge on any atom is 0.407 e. The first-order valence-corrected chi connectivity index (χ1v) is 11.0. The van der Waals surface area contributed by atoms with E-state index in [2.05, 4.69) is 22.4 Å². The lowest BCUT2D eigenvalue weighted by Gasteiger charge is -2.17. The number of hydrogen-bond acceptors (Lipinski definition) is 6. The van der Waals surface area contributed by atoms with Gasteiger partial charge in [0.15, 0.2) is 6.39 Å². The van der Waals surface area contributed by atoms with Gasteiger partial charge in [-0.2, -0.15) is 11.8 Å². The zero-order valence-corrected chi connectivity index (χ0v) is 17.7. The number of nitrogens with one attached hydrogen (secondary N) is 1. The third-order valence-electron chi connectivity index (χ3n) is 5.30. The van der Waals surface area contributed by atoms with Crippen molar-refractivity contribution >= 4 is 23.8 Å². The van der Waals surface area contributed by atoms with Gasteiger partial charge >= 0.3 is 12.1 Å². The van der Waals surface area contributed by atoms with Crippen molar-refractivity contribution in [2.24, 2.45) is 0 Å². The topological polar surface area (TPSA) is 102 Å². The van der Waals surface area contributed by atoms with E-state index in [1.54, 1.807) is 6.92 Å². The first-order valence-electron chi connectivity index (χ1n) is 9.85. The fraction of sp³-hybridized carbons (Fsp3) is 0.261. The van der Waals surface area contributed by atoms with Gasteiger partial charge in [-0.3, -0.25) is 0 Å². The van der Waals surface area contributed by atoms with Crippen LogP contribution in [-0.4, -0.2) is 40.6 Å². The molecule has 7 nitrogen and oxygen atoms in total. The van der Waals surface area contributed by atoms with Crippen molar-refractivity contribution in [1.82, 2.24) is 10.3 Å². The Bertz CT molecular complexity index is 1050. The molecule has 160 valence electrons. The summed E-state index contributed by atoms with van der Waals surface area (Å²) >= 11 is 1.35. The summed E-state index contributed by atoms with van der Waals surface area (Å²) in [6.45, 7) is 1.93. The Kier molecular flexibility index (Phi) is 6.27. The van der Waals surface area contributed by atoms with Gasteiger partial charge in [0, 0.05) is 17.4 Å². The van der Waals surface area contributed by atoms with Gasteiger partial charge in [0.1, 0.15) is 18.4 Å². The zero-order chi connectivity index (χ0) is 21.8. The average molecular weight is 439 g/mol. The minimum atomic E-state index is -1.11. The molecule has 1 aromatic heterocycles. The standard InChI is InChI=1S/C23H22N2O5S/c1-14-20(24-13-30-14)11-31-12-21(22(26)27)25-23(28)29-10-19-17-8-4-2-6-15(17)16-7-3-5-9-18(16)19/h2-9,13,19,21H,10-12H2,1H3,(H,25,28)(H,26,27). The van der Waals surface area contributed by atoms with Crippen LogP contribution < -0.4 is 5.32 Å². The van der Waals surface area contributed by atoms with Gasteiger partial charge in [0.25, 0.3) is 0 Å². The summed E-state index contributed by atoms with van der Waals surface area (Å²) in [7, 11) is 0. The number of thioether (sulfide) groups is 1. The molecule has 1 atom stereocenters. The number of carboxylic acid groups (broad SMARTS) is 1. The number of nitrogens with zero attached hydrogens (tertiary/aromatic N) is 1.